The average molecular weight is 394 g/mol. The van der Waals surface area contributed by atoms with Gasteiger partial charge in [-0.15, -0.1) is 0 Å². The third-order valence-electron chi connectivity index (χ3n) is 5.72. The van der Waals surface area contributed by atoms with Gasteiger partial charge >= 0.3 is 0 Å². The quantitative estimate of drug-likeness (QED) is 0.794. The largest absolute Gasteiger partial charge is 0.339 e. The second kappa shape index (κ2) is 8.63. The molecule has 2 fully saturated rings. The summed E-state index contributed by atoms with van der Waals surface area (Å²) in [6, 6.07) is -0.212. The van der Waals surface area contributed by atoms with Crippen LogP contribution in [0.5, 0.6) is 0 Å². The van der Waals surface area contributed by atoms with Crippen LogP contribution >= 0.6 is 0 Å². The van der Waals surface area contributed by atoms with Crippen LogP contribution in [0, 0.1) is 6.92 Å². The number of hydrogen-bond acceptors (Lipinski definition) is 6. The van der Waals surface area contributed by atoms with Crippen LogP contribution in [0.3, 0.4) is 0 Å². The Morgan fingerprint density at radius 2 is 1.72 bits per heavy atom. The monoisotopic (exact) mass is 394 g/mol. The van der Waals surface area contributed by atoms with E-state index in [9.17, 15) is 9.59 Å². The van der Waals surface area contributed by atoms with Crippen molar-refractivity contribution in [3.8, 4) is 0 Å². The number of aryl methyl sites for hydroxylation is 1. The van der Waals surface area contributed by atoms with Crippen molar-refractivity contribution < 1.29 is 9.59 Å². The highest BCUT2D eigenvalue weighted by Gasteiger charge is 2.32. The fourth-order valence-electron chi connectivity index (χ4n) is 4.12. The van der Waals surface area contributed by atoms with E-state index in [1.54, 1.807) is 17.3 Å². The number of carbonyl (C=O) groups is 2. The van der Waals surface area contributed by atoms with Crippen LogP contribution in [0.15, 0.2) is 24.8 Å². The van der Waals surface area contributed by atoms with Crippen molar-refractivity contribution in [2.45, 2.75) is 51.5 Å². The van der Waals surface area contributed by atoms with E-state index in [4.69, 9.17) is 0 Å². The zero-order valence-electron chi connectivity index (χ0n) is 16.8. The lowest BCUT2D eigenvalue weighted by Gasteiger charge is -2.34. The summed E-state index contributed by atoms with van der Waals surface area (Å²) in [6.07, 6.45) is 12.2. The highest BCUT2D eigenvalue weighted by molar-refractivity contribution is 5.95. The molecule has 8 heteroatoms. The fourth-order valence-corrected chi connectivity index (χ4v) is 4.12. The second-order valence-corrected chi connectivity index (χ2v) is 7.68. The highest BCUT2D eigenvalue weighted by atomic mass is 16.2. The number of aromatic nitrogens is 4. The van der Waals surface area contributed by atoms with Crippen molar-refractivity contribution >= 4 is 11.8 Å². The van der Waals surface area contributed by atoms with E-state index in [1.807, 2.05) is 11.8 Å². The molecule has 0 N–H and O–H groups in total. The van der Waals surface area contributed by atoms with Gasteiger partial charge in [0.25, 0.3) is 11.8 Å². The van der Waals surface area contributed by atoms with Gasteiger partial charge < -0.3 is 9.80 Å². The fraction of sp³-hybridized carbons (Fsp3) is 0.524. The summed E-state index contributed by atoms with van der Waals surface area (Å²) in [6.45, 7) is 4.07. The highest BCUT2D eigenvalue weighted by Crippen LogP contribution is 2.30. The Labute approximate surface area is 170 Å². The van der Waals surface area contributed by atoms with Gasteiger partial charge in [0, 0.05) is 38.2 Å². The van der Waals surface area contributed by atoms with E-state index < -0.39 is 0 Å². The first-order chi connectivity index (χ1) is 14.1. The van der Waals surface area contributed by atoms with Crippen LogP contribution in [-0.2, 0) is 0 Å². The molecule has 2 amide bonds. The molecule has 1 unspecified atom stereocenters. The van der Waals surface area contributed by atoms with Gasteiger partial charge in [0.1, 0.15) is 5.69 Å². The molecule has 0 aliphatic carbocycles. The smallest absolute Gasteiger partial charge is 0.274 e. The molecule has 2 aromatic heterocycles. The zero-order valence-corrected chi connectivity index (χ0v) is 16.8. The standard InChI is InChI=1S/C21H26N6O2/c1-15-16(20(28)26-10-4-2-5-11-26)13-24-19(25-15)18-7-3-6-12-27(18)21(29)17-14-22-8-9-23-17/h8-9,13-14,18H,2-7,10-12H2,1H3. The zero-order chi connectivity index (χ0) is 20.2. The van der Waals surface area contributed by atoms with Gasteiger partial charge in [0.2, 0.25) is 0 Å². The molecule has 152 valence electrons. The van der Waals surface area contributed by atoms with Crippen LogP contribution in [0.2, 0.25) is 0 Å². The maximum atomic E-state index is 13.0. The number of nitrogens with zero attached hydrogens (tertiary/aromatic N) is 6. The second-order valence-electron chi connectivity index (χ2n) is 7.68. The summed E-state index contributed by atoms with van der Waals surface area (Å²) in [5.41, 5.74) is 1.55. The number of amides is 2. The third-order valence-corrected chi connectivity index (χ3v) is 5.72. The maximum absolute atomic E-state index is 13.0. The van der Waals surface area contributed by atoms with Gasteiger partial charge in [-0.3, -0.25) is 14.6 Å². The lowest BCUT2D eigenvalue weighted by Crippen LogP contribution is -2.40. The third kappa shape index (κ3) is 4.11. The Morgan fingerprint density at radius 3 is 2.45 bits per heavy atom. The molecular formula is C21H26N6O2. The van der Waals surface area contributed by atoms with Gasteiger partial charge in [-0.1, -0.05) is 0 Å². The van der Waals surface area contributed by atoms with E-state index >= 15 is 0 Å². The summed E-state index contributed by atoms with van der Waals surface area (Å²) in [5.74, 6) is 0.442. The molecule has 2 aliphatic rings. The molecule has 0 bridgehead atoms. The van der Waals surface area contributed by atoms with Gasteiger partial charge in [-0.25, -0.2) is 15.0 Å². The number of piperidine rings is 2. The molecule has 4 heterocycles. The van der Waals surface area contributed by atoms with Gasteiger partial charge in [-0.05, 0) is 45.4 Å². The lowest BCUT2D eigenvalue weighted by atomic mass is 10.0. The Hall–Kier alpha value is -2.90. The number of hydrogen-bond donors (Lipinski definition) is 0. The first kappa shape index (κ1) is 19.4. The molecule has 0 aromatic carbocycles. The number of likely N-dealkylation sites (tertiary alicyclic amines) is 2. The molecule has 0 saturated carbocycles. The van der Waals surface area contributed by atoms with Crippen molar-refractivity contribution in [3.05, 3.63) is 47.6 Å². The molecule has 8 nitrogen and oxygen atoms in total. The predicted molar refractivity (Wildman–Crippen MR) is 106 cm³/mol. The van der Waals surface area contributed by atoms with E-state index in [2.05, 4.69) is 19.9 Å². The SMILES string of the molecule is Cc1nc(C2CCCCN2C(=O)c2cnccn2)ncc1C(=O)N1CCCCC1. The first-order valence-corrected chi connectivity index (χ1v) is 10.3. The van der Waals surface area contributed by atoms with Gasteiger partial charge in [0.15, 0.2) is 5.82 Å². The Balaban J connectivity index is 1.57. The van der Waals surface area contributed by atoms with E-state index in [0.717, 1.165) is 45.2 Å². The molecule has 29 heavy (non-hydrogen) atoms. The summed E-state index contributed by atoms with van der Waals surface area (Å²) in [5, 5.41) is 0. The van der Waals surface area contributed by atoms with E-state index in [1.165, 1.54) is 18.8 Å². The summed E-state index contributed by atoms with van der Waals surface area (Å²) >= 11 is 0. The molecule has 2 saturated heterocycles. The van der Waals surface area contributed by atoms with E-state index in [0.29, 0.717) is 29.3 Å². The molecule has 0 radical (unpaired) electrons. The molecule has 4 rings (SSSR count). The Morgan fingerprint density at radius 1 is 0.931 bits per heavy atom. The summed E-state index contributed by atoms with van der Waals surface area (Å²) in [7, 11) is 0. The van der Waals surface area contributed by atoms with Crippen molar-refractivity contribution in [1.29, 1.82) is 0 Å². The van der Waals surface area contributed by atoms with Crippen LogP contribution in [0.4, 0.5) is 0 Å². The first-order valence-electron chi connectivity index (χ1n) is 10.3. The van der Waals surface area contributed by atoms with Crippen LogP contribution in [0.1, 0.15) is 76.9 Å². The minimum Gasteiger partial charge on any atom is -0.339 e. The number of rotatable bonds is 3. The van der Waals surface area contributed by atoms with Crippen LogP contribution in [0.25, 0.3) is 0 Å². The molecular weight excluding hydrogens is 368 g/mol. The molecule has 2 aliphatic heterocycles. The topological polar surface area (TPSA) is 92.2 Å². The minimum absolute atomic E-state index is 0.00452. The number of carbonyl (C=O) groups excluding carboxylic acids is 2. The van der Waals surface area contributed by atoms with Gasteiger partial charge in [0.05, 0.1) is 23.5 Å². The maximum Gasteiger partial charge on any atom is 0.274 e. The van der Waals surface area contributed by atoms with Gasteiger partial charge in [-0.2, -0.15) is 0 Å². The van der Waals surface area contributed by atoms with E-state index in [-0.39, 0.29) is 17.9 Å². The summed E-state index contributed by atoms with van der Waals surface area (Å²) < 4.78 is 0. The van der Waals surface area contributed by atoms with Crippen molar-refractivity contribution in [1.82, 2.24) is 29.7 Å². The molecule has 1 atom stereocenters. The van der Waals surface area contributed by atoms with Crippen molar-refractivity contribution in [2.24, 2.45) is 0 Å². The van der Waals surface area contributed by atoms with Crippen LogP contribution in [-0.4, -0.2) is 61.2 Å². The predicted octanol–water partition coefficient (Wildman–Crippen LogP) is 2.57. The normalized spacial score (nSPS) is 19.8. The van der Waals surface area contributed by atoms with Crippen molar-refractivity contribution in [3.63, 3.8) is 0 Å². The van der Waals surface area contributed by atoms with Crippen molar-refractivity contribution in [2.75, 3.05) is 19.6 Å². The molecule has 0 spiro atoms. The lowest BCUT2D eigenvalue weighted by molar-refractivity contribution is 0.0591. The minimum atomic E-state index is -0.212. The Kier molecular flexibility index (Phi) is 5.78. The molecule has 2 aromatic rings. The van der Waals surface area contributed by atoms with Crippen LogP contribution < -0.4 is 0 Å². The Bertz CT molecular complexity index is 882. The summed E-state index contributed by atoms with van der Waals surface area (Å²) in [4.78, 5) is 46.8. The average Bonchev–Trinajstić information content (AvgIpc) is 2.79.